The van der Waals surface area contributed by atoms with Crippen LogP contribution in [0.1, 0.15) is 39.0 Å². The largest absolute Gasteiger partial charge is 0.381 e. The Kier molecular flexibility index (Phi) is 5.01. The molecule has 1 amide bonds. The second kappa shape index (κ2) is 6.53. The first-order valence-electron chi connectivity index (χ1n) is 7.28. The quantitative estimate of drug-likeness (QED) is 0.747. The maximum atomic E-state index is 12.3. The molecule has 1 saturated heterocycles. The lowest BCUT2D eigenvalue weighted by Gasteiger charge is -2.25. The first kappa shape index (κ1) is 13.8. The molecule has 0 aromatic carbocycles. The molecule has 4 nitrogen and oxygen atoms in total. The van der Waals surface area contributed by atoms with Crippen LogP contribution in [0, 0.1) is 11.8 Å². The Bertz CT molecular complexity index is 273. The lowest BCUT2D eigenvalue weighted by Crippen LogP contribution is -2.37. The topological polar surface area (TPSA) is 55.6 Å². The fraction of sp³-hybridized carbons (Fsp3) is 0.929. The minimum atomic E-state index is 0.324. The Morgan fingerprint density at radius 2 is 2.22 bits per heavy atom. The Balaban J connectivity index is 1.78. The molecule has 0 spiro atoms. The third kappa shape index (κ3) is 3.95. The third-order valence-corrected chi connectivity index (χ3v) is 4.04. The highest BCUT2D eigenvalue weighted by atomic mass is 16.5. The highest BCUT2D eigenvalue weighted by molar-refractivity contribution is 5.76. The number of nitrogens with two attached hydrogens (primary N) is 1. The molecule has 2 N–H and O–H groups in total. The van der Waals surface area contributed by atoms with Gasteiger partial charge in [0, 0.05) is 31.5 Å². The maximum absolute atomic E-state index is 12.3. The van der Waals surface area contributed by atoms with Crippen molar-refractivity contribution in [3.63, 3.8) is 0 Å². The number of hydrogen-bond acceptors (Lipinski definition) is 3. The Morgan fingerprint density at radius 3 is 2.78 bits per heavy atom. The van der Waals surface area contributed by atoms with Crippen molar-refractivity contribution in [3.8, 4) is 0 Å². The zero-order chi connectivity index (χ0) is 13.0. The van der Waals surface area contributed by atoms with Crippen molar-refractivity contribution in [1.29, 1.82) is 0 Å². The molecule has 1 aliphatic heterocycles. The van der Waals surface area contributed by atoms with E-state index in [0.717, 1.165) is 32.6 Å². The molecule has 18 heavy (non-hydrogen) atoms. The molecule has 2 atom stereocenters. The van der Waals surface area contributed by atoms with Crippen LogP contribution in [0.4, 0.5) is 0 Å². The van der Waals surface area contributed by atoms with Crippen molar-refractivity contribution in [2.24, 2.45) is 17.6 Å². The average molecular weight is 254 g/mol. The van der Waals surface area contributed by atoms with Crippen molar-refractivity contribution in [1.82, 2.24) is 4.90 Å². The van der Waals surface area contributed by atoms with Gasteiger partial charge in [0.05, 0.1) is 6.61 Å². The molecule has 0 radical (unpaired) electrons. The van der Waals surface area contributed by atoms with Crippen molar-refractivity contribution in [2.45, 2.75) is 45.1 Å². The molecule has 2 fully saturated rings. The zero-order valence-electron chi connectivity index (χ0n) is 11.4. The van der Waals surface area contributed by atoms with Crippen LogP contribution in [0.5, 0.6) is 0 Å². The molecule has 0 aromatic rings. The van der Waals surface area contributed by atoms with E-state index in [2.05, 4.69) is 11.8 Å². The summed E-state index contributed by atoms with van der Waals surface area (Å²) in [6, 6.07) is 0.520. The van der Waals surface area contributed by atoms with E-state index in [-0.39, 0.29) is 0 Å². The van der Waals surface area contributed by atoms with Crippen molar-refractivity contribution < 1.29 is 9.53 Å². The molecule has 4 heteroatoms. The van der Waals surface area contributed by atoms with Crippen LogP contribution < -0.4 is 5.73 Å². The number of carbonyl (C=O) groups excluding carboxylic acids is 1. The summed E-state index contributed by atoms with van der Waals surface area (Å²) in [5, 5.41) is 0. The normalized spacial score (nSPS) is 25.1. The number of rotatable bonds is 7. The van der Waals surface area contributed by atoms with E-state index in [9.17, 15) is 4.79 Å². The molecule has 2 aliphatic rings. The third-order valence-electron chi connectivity index (χ3n) is 4.04. The molecule has 104 valence electrons. The maximum Gasteiger partial charge on any atom is 0.222 e. The summed E-state index contributed by atoms with van der Waals surface area (Å²) in [5.41, 5.74) is 5.60. The second-order valence-corrected chi connectivity index (χ2v) is 5.89. The summed E-state index contributed by atoms with van der Waals surface area (Å²) in [6.07, 6.45) is 5.05. The van der Waals surface area contributed by atoms with Gasteiger partial charge in [0.1, 0.15) is 0 Å². The lowest BCUT2D eigenvalue weighted by molar-refractivity contribution is -0.132. The summed E-state index contributed by atoms with van der Waals surface area (Å²) >= 11 is 0. The lowest BCUT2D eigenvalue weighted by atomic mass is 10.0. The summed E-state index contributed by atoms with van der Waals surface area (Å²) < 4.78 is 5.40. The number of hydrogen-bond donors (Lipinski definition) is 1. The summed E-state index contributed by atoms with van der Waals surface area (Å²) in [5.74, 6) is 1.33. The molecule has 1 heterocycles. The molecule has 0 aromatic heterocycles. The first-order chi connectivity index (χ1) is 8.70. The van der Waals surface area contributed by atoms with Crippen LogP contribution in [0.25, 0.3) is 0 Å². The predicted octanol–water partition coefficient (Wildman–Crippen LogP) is 1.39. The predicted molar refractivity (Wildman–Crippen MR) is 71.1 cm³/mol. The van der Waals surface area contributed by atoms with E-state index in [4.69, 9.17) is 10.5 Å². The van der Waals surface area contributed by atoms with Gasteiger partial charge in [0.2, 0.25) is 5.91 Å². The van der Waals surface area contributed by atoms with Crippen LogP contribution in [0.3, 0.4) is 0 Å². The van der Waals surface area contributed by atoms with E-state index in [1.165, 1.54) is 12.8 Å². The smallest absolute Gasteiger partial charge is 0.222 e. The molecule has 1 saturated carbocycles. The highest BCUT2D eigenvalue weighted by Gasteiger charge is 2.34. The molecule has 1 aliphatic carbocycles. The van der Waals surface area contributed by atoms with Gasteiger partial charge >= 0.3 is 0 Å². The van der Waals surface area contributed by atoms with E-state index in [1.54, 1.807) is 0 Å². The van der Waals surface area contributed by atoms with Crippen LogP contribution in [0.15, 0.2) is 0 Å². The monoisotopic (exact) mass is 254 g/mol. The van der Waals surface area contributed by atoms with Gasteiger partial charge in [-0.2, -0.15) is 0 Å². The van der Waals surface area contributed by atoms with Crippen molar-refractivity contribution in [3.05, 3.63) is 0 Å². The van der Waals surface area contributed by atoms with Crippen LogP contribution in [-0.2, 0) is 9.53 Å². The number of ether oxygens (including phenoxy) is 1. The van der Waals surface area contributed by atoms with Crippen LogP contribution in [-0.4, -0.2) is 43.2 Å². The molecule has 2 rings (SSSR count). The van der Waals surface area contributed by atoms with Crippen molar-refractivity contribution >= 4 is 5.91 Å². The number of carbonyl (C=O) groups is 1. The zero-order valence-corrected chi connectivity index (χ0v) is 11.4. The van der Waals surface area contributed by atoms with Crippen LogP contribution >= 0.6 is 0 Å². The van der Waals surface area contributed by atoms with Gasteiger partial charge in [-0.3, -0.25) is 4.79 Å². The fourth-order valence-corrected chi connectivity index (χ4v) is 2.48. The highest BCUT2D eigenvalue weighted by Crippen LogP contribution is 2.29. The summed E-state index contributed by atoms with van der Waals surface area (Å²) in [4.78, 5) is 14.4. The first-order valence-corrected chi connectivity index (χ1v) is 7.28. The molecule has 2 unspecified atom stereocenters. The van der Waals surface area contributed by atoms with E-state index in [1.807, 2.05) is 0 Å². The summed E-state index contributed by atoms with van der Waals surface area (Å²) in [7, 11) is 0. The standard InChI is InChI=1S/C14H26N2O2/c1-11(8-15)2-5-14(17)16(13-3-4-13)9-12-6-7-18-10-12/h11-13H,2-10,15H2,1H3. The molecular weight excluding hydrogens is 228 g/mol. The minimum Gasteiger partial charge on any atom is -0.381 e. The van der Waals surface area contributed by atoms with Gasteiger partial charge in [0.15, 0.2) is 0 Å². The van der Waals surface area contributed by atoms with E-state index < -0.39 is 0 Å². The second-order valence-electron chi connectivity index (χ2n) is 5.89. The molecular formula is C14H26N2O2. The Labute approximate surface area is 110 Å². The van der Waals surface area contributed by atoms with Crippen LogP contribution in [0.2, 0.25) is 0 Å². The minimum absolute atomic E-state index is 0.324. The number of nitrogens with zero attached hydrogens (tertiary/aromatic N) is 1. The van der Waals surface area contributed by atoms with E-state index in [0.29, 0.717) is 36.8 Å². The van der Waals surface area contributed by atoms with E-state index >= 15 is 0 Å². The van der Waals surface area contributed by atoms with Crippen molar-refractivity contribution in [2.75, 3.05) is 26.3 Å². The number of amides is 1. The van der Waals surface area contributed by atoms with Gasteiger partial charge < -0.3 is 15.4 Å². The van der Waals surface area contributed by atoms with Gasteiger partial charge in [-0.1, -0.05) is 6.92 Å². The summed E-state index contributed by atoms with van der Waals surface area (Å²) in [6.45, 7) is 5.38. The Hall–Kier alpha value is -0.610. The molecule has 0 bridgehead atoms. The van der Waals surface area contributed by atoms with Gasteiger partial charge in [0.25, 0.3) is 0 Å². The van der Waals surface area contributed by atoms with Gasteiger partial charge in [-0.25, -0.2) is 0 Å². The SMILES string of the molecule is CC(CN)CCC(=O)N(CC1CCOC1)C1CC1. The average Bonchev–Trinajstić information content (AvgIpc) is 3.09. The fourth-order valence-electron chi connectivity index (χ4n) is 2.48. The van der Waals surface area contributed by atoms with Gasteiger partial charge in [-0.05, 0) is 38.1 Å². The Morgan fingerprint density at radius 1 is 1.44 bits per heavy atom. The van der Waals surface area contributed by atoms with Gasteiger partial charge in [-0.15, -0.1) is 0 Å².